The smallest absolute Gasteiger partial charge is 0.278 e. The third-order valence-corrected chi connectivity index (χ3v) is 7.91. The Balaban J connectivity index is 1.38. The molecule has 13 heteroatoms. The molecule has 12 nitrogen and oxygen atoms in total. The Morgan fingerprint density at radius 2 is 2.14 bits per heavy atom. The van der Waals surface area contributed by atoms with Gasteiger partial charge in [-0.3, -0.25) is 4.68 Å². The van der Waals surface area contributed by atoms with E-state index in [4.69, 9.17) is 0 Å². The highest BCUT2D eigenvalue weighted by Gasteiger charge is 2.33. The molecule has 35 heavy (non-hydrogen) atoms. The first kappa shape index (κ1) is 22.9. The van der Waals surface area contributed by atoms with E-state index in [1.165, 1.54) is 26.6 Å². The molecule has 180 valence electrons. The topological polar surface area (TPSA) is 150 Å². The molecule has 1 fully saturated rings. The van der Waals surface area contributed by atoms with Crippen molar-refractivity contribution >= 4 is 26.9 Å². The highest BCUT2D eigenvalue weighted by atomic mass is 32.2. The zero-order valence-electron chi connectivity index (χ0n) is 19.3. The Bertz CT molecular complexity index is 1500. The van der Waals surface area contributed by atoms with E-state index < -0.39 is 10.0 Å². The number of nitriles is 1. The summed E-state index contributed by atoms with van der Waals surface area (Å²) in [4.78, 5) is 22.0. The van der Waals surface area contributed by atoms with Crippen molar-refractivity contribution in [3.05, 3.63) is 43.2 Å². The van der Waals surface area contributed by atoms with Crippen LogP contribution in [0.15, 0.2) is 48.4 Å². The number of rotatable bonds is 7. The van der Waals surface area contributed by atoms with Crippen LogP contribution < -0.4 is 4.90 Å². The third kappa shape index (κ3) is 4.22. The van der Waals surface area contributed by atoms with E-state index in [1.807, 2.05) is 28.0 Å². The zero-order valence-corrected chi connectivity index (χ0v) is 20.1. The second-order valence-corrected chi connectivity index (χ2v) is 10.6. The van der Waals surface area contributed by atoms with E-state index in [0.29, 0.717) is 25.3 Å². The van der Waals surface area contributed by atoms with Gasteiger partial charge < -0.3 is 9.88 Å². The largest absolute Gasteiger partial charge is 0.356 e. The molecule has 1 saturated heterocycles. The maximum absolute atomic E-state index is 12.4. The fraction of sp³-hybridized carbons (Fsp3) is 0.364. The molecular formula is C22H24N10O2S. The Kier molecular flexibility index (Phi) is 5.91. The average molecular weight is 493 g/mol. The predicted octanol–water partition coefficient (Wildman–Crippen LogP) is 1.84. The van der Waals surface area contributed by atoms with Crippen LogP contribution >= 0.6 is 0 Å². The molecular weight excluding hydrogens is 468 g/mol. The standard InChI is InChI=1S/C22H24N10O2S/c1-30(2)35(33,34)22-25-9-5-19(29-22)31-10-6-15(12-31)18(3-7-23)32-13-16(11-28-32)20-17-4-8-24-21(17)27-14-26-20/h4-5,8-9,11,13-15,18H,3,6,10,12H2,1-2H3,(H,24,26,27). The molecule has 2 atom stereocenters. The van der Waals surface area contributed by atoms with E-state index in [2.05, 4.69) is 36.1 Å². The molecule has 4 aromatic heterocycles. The van der Waals surface area contributed by atoms with Crippen LogP contribution in [0.3, 0.4) is 0 Å². The van der Waals surface area contributed by atoms with E-state index >= 15 is 0 Å². The monoisotopic (exact) mass is 492 g/mol. The summed E-state index contributed by atoms with van der Waals surface area (Å²) in [6.45, 7) is 1.31. The quantitative estimate of drug-likeness (QED) is 0.381. The number of anilines is 1. The molecule has 5 heterocycles. The van der Waals surface area contributed by atoms with Crippen molar-refractivity contribution < 1.29 is 8.42 Å². The van der Waals surface area contributed by atoms with Gasteiger partial charge in [0.15, 0.2) is 0 Å². The minimum Gasteiger partial charge on any atom is -0.356 e. The van der Waals surface area contributed by atoms with Gasteiger partial charge in [-0.15, -0.1) is 0 Å². The first-order chi connectivity index (χ1) is 16.9. The summed E-state index contributed by atoms with van der Waals surface area (Å²) in [5.41, 5.74) is 2.38. The summed E-state index contributed by atoms with van der Waals surface area (Å²) >= 11 is 0. The van der Waals surface area contributed by atoms with E-state index in [-0.39, 0.29) is 17.1 Å². The number of H-pyrrole nitrogens is 1. The molecule has 5 rings (SSSR count). The van der Waals surface area contributed by atoms with Crippen molar-refractivity contribution in [1.82, 2.24) is 39.0 Å². The molecule has 0 bridgehead atoms. The summed E-state index contributed by atoms with van der Waals surface area (Å²) < 4.78 is 27.8. The SMILES string of the molecule is CN(C)S(=O)(=O)c1nccc(N2CCC(C(CC#N)n3cc(-c4ncnc5[nH]ccc45)cn3)C2)n1. The molecule has 0 radical (unpaired) electrons. The van der Waals surface area contributed by atoms with Gasteiger partial charge in [0, 0.05) is 62.6 Å². The van der Waals surface area contributed by atoms with Crippen molar-refractivity contribution in [3.63, 3.8) is 0 Å². The van der Waals surface area contributed by atoms with Crippen LogP contribution in [0, 0.1) is 17.2 Å². The molecule has 1 aliphatic heterocycles. The van der Waals surface area contributed by atoms with Crippen LogP contribution in [0.4, 0.5) is 5.82 Å². The third-order valence-electron chi connectivity index (χ3n) is 6.29. The van der Waals surface area contributed by atoms with Gasteiger partial charge in [0.1, 0.15) is 17.8 Å². The van der Waals surface area contributed by atoms with Gasteiger partial charge in [0.2, 0.25) is 0 Å². The highest BCUT2D eigenvalue weighted by molar-refractivity contribution is 7.88. The minimum atomic E-state index is -3.73. The second-order valence-electron chi connectivity index (χ2n) is 8.58. The highest BCUT2D eigenvalue weighted by Crippen LogP contribution is 2.34. The number of aromatic amines is 1. The van der Waals surface area contributed by atoms with Crippen LogP contribution in [0.1, 0.15) is 18.9 Å². The molecule has 0 saturated carbocycles. The van der Waals surface area contributed by atoms with E-state index in [1.54, 1.807) is 12.3 Å². The minimum absolute atomic E-state index is 0.129. The van der Waals surface area contributed by atoms with Gasteiger partial charge in [-0.1, -0.05) is 0 Å². The van der Waals surface area contributed by atoms with E-state index in [0.717, 1.165) is 33.0 Å². The molecule has 0 amide bonds. The number of aromatic nitrogens is 7. The van der Waals surface area contributed by atoms with Gasteiger partial charge in [-0.25, -0.2) is 27.7 Å². The van der Waals surface area contributed by atoms with Crippen molar-refractivity contribution in [2.75, 3.05) is 32.1 Å². The van der Waals surface area contributed by atoms with Crippen molar-refractivity contribution in [1.29, 1.82) is 5.26 Å². The first-order valence-corrected chi connectivity index (χ1v) is 12.5. The molecule has 2 unspecified atom stereocenters. The Hall–Kier alpha value is -3.89. The summed E-state index contributed by atoms with van der Waals surface area (Å²) in [6, 6.07) is 5.78. The van der Waals surface area contributed by atoms with E-state index in [9.17, 15) is 13.7 Å². The van der Waals surface area contributed by atoms with Crippen molar-refractivity contribution in [3.8, 4) is 17.3 Å². The summed E-state index contributed by atoms with van der Waals surface area (Å²) in [6.07, 6.45) is 9.59. The maximum atomic E-state index is 12.4. The second kappa shape index (κ2) is 9.05. The van der Waals surface area contributed by atoms with Gasteiger partial charge in [0.05, 0.1) is 30.4 Å². The number of nitrogens with one attached hydrogen (secondary N) is 1. The Labute approximate surface area is 202 Å². The van der Waals surface area contributed by atoms with Crippen LogP contribution in [-0.2, 0) is 10.0 Å². The van der Waals surface area contributed by atoms with Crippen LogP contribution in [-0.4, -0.2) is 74.6 Å². The van der Waals surface area contributed by atoms with Crippen molar-refractivity contribution in [2.24, 2.45) is 5.92 Å². The van der Waals surface area contributed by atoms with Crippen LogP contribution in [0.2, 0.25) is 0 Å². The lowest BCUT2D eigenvalue weighted by atomic mass is 9.96. The normalized spacial score (nSPS) is 17.2. The lowest BCUT2D eigenvalue weighted by Crippen LogP contribution is -2.27. The molecule has 1 aliphatic rings. The molecule has 0 spiro atoms. The molecule has 1 N–H and O–H groups in total. The van der Waals surface area contributed by atoms with Crippen molar-refractivity contribution in [2.45, 2.75) is 24.0 Å². The average Bonchev–Trinajstić information content (AvgIpc) is 3.63. The lowest BCUT2D eigenvalue weighted by Gasteiger charge is -2.23. The number of sulfonamides is 1. The number of hydrogen-bond donors (Lipinski definition) is 1. The number of fused-ring (bicyclic) bond motifs is 1. The summed E-state index contributed by atoms with van der Waals surface area (Å²) in [7, 11) is -0.833. The van der Waals surface area contributed by atoms with Gasteiger partial charge in [-0.05, 0) is 18.6 Å². The Morgan fingerprint density at radius 1 is 1.29 bits per heavy atom. The summed E-state index contributed by atoms with van der Waals surface area (Å²) in [5.74, 6) is 0.680. The Morgan fingerprint density at radius 3 is 2.94 bits per heavy atom. The molecule has 0 aromatic carbocycles. The fourth-order valence-corrected chi connectivity index (χ4v) is 5.15. The first-order valence-electron chi connectivity index (χ1n) is 11.1. The van der Waals surface area contributed by atoms with Crippen LogP contribution in [0.25, 0.3) is 22.3 Å². The molecule has 0 aliphatic carbocycles. The predicted molar refractivity (Wildman–Crippen MR) is 128 cm³/mol. The maximum Gasteiger partial charge on any atom is 0.278 e. The number of hydrogen-bond acceptors (Lipinski definition) is 9. The summed E-state index contributed by atoms with van der Waals surface area (Å²) in [5, 5.41) is 14.8. The fourth-order valence-electron chi connectivity index (χ4n) is 4.42. The van der Waals surface area contributed by atoms with Gasteiger partial charge in [0.25, 0.3) is 15.2 Å². The number of nitrogens with zero attached hydrogens (tertiary/aromatic N) is 9. The van der Waals surface area contributed by atoms with Crippen LogP contribution in [0.5, 0.6) is 0 Å². The zero-order chi connectivity index (χ0) is 24.6. The molecule has 4 aromatic rings. The van der Waals surface area contributed by atoms with Gasteiger partial charge in [-0.2, -0.15) is 15.3 Å². The van der Waals surface area contributed by atoms with Gasteiger partial charge >= 0.3 is 0 Å². The lowest BCUT2D eigenvalue weighted by molar-refractivity contribution is 0.332.